The molecule has 0 bridgehead atoms. The smallest absolute Gasteiger partial charge is 0.239 e. The highest BCUT2D eigenvalue weighted by Crippen LogP contribution is 2.22. The van der Waals surface area contributed by atoms with E-state index in [0.717, 1.165) is 32.0 Å². The number of nitrogens with zero attached hydrogens (tertiary/aromatic N) is 2. The maximum absolute atomic E-state index is 12.4. The van der Waals surface area contributed by atoms with Crippen LogP contribution in [0.25, 0.3) is 0 Å². The lowest BCUT2D eigenvalue weighted by Gasteiger charge is -2.38. The molecule has 22 heavy (non-hydrogen) atoms. The normalized spacial score (nSPS) is 25.9. The number of amides is 1. The van der Waals surface area contributed by atoms with Crippen LogP contribution in [-0.2, 0) is 4.79 Å². The second-order valence-corrected chi connectivity index (χ2v) is 7.55. The summed E-state index contributed by atoms with van der Waals surface area (Å²) in [6.07, 6.45) is 5.04. The zero-order chi connectivity index (χ0) is 15.4. The maximum atomic E-state index is 12.4. The monoisotopic (exact) mass is 331 g/mol. The minimum atomic E-state index is -0.334. The minimum absolute atomic E-state index is 0. The molecule has 5 heteroatoms. The molecule has 0 radical (unpaired) electrons. The predicted molar refractivity (Wildman–Crippen MR) is 94.2 cm³/mol. The molecule has 1 unspecified atom stereocenters. The van der Waals surface area contributed by atoms with E-state index in [1.807, 2.05) is 18.7 Å². The van der Waals surface area contributed by atoms with Gasteiger partial charge in [0.2, 0.25) is 5.91 Å². The van der Waals surface area contributed by atoms with Crippen molar-refractivity contribution in [3.8, 4) is 0 Å². The third-order valence-electron chi connectivity index (χ3n) is 5.23. The van der Waals surface area contributed by atoms with Gasteiger partial charge in [0.05, 0.1) is 6.04 Å². The van der Waals surface area contributed by atoms with E-state index in [1.54, 1.807) is 0 Å². The fraction of sp³-hybridized carbons (Fsp3) is 0.941. The molecule has 0 aromatic carbocycles. The Balaban J connectivity index is 0.00000242. The molecule has 2 rings (SSSR count). The summed E-state index contributed by atoms with van der Waals surface area (Å²) in [6.45, 7) is 11.8. The van der Waals surface area contributed by atoms with Crippen LogP contribution in [0.2, 0.25) is 0 Å². The number of likely N-dealkylation sites (tertiary alicyclic amines) is 2. The van der Waals surface area contributed by atoms with Crippen molar-refractivity contribution in [1.82, 2.24) is 9.80 Å². The van der Waals surface area contributed by atoms with E-state index in [0.29, 0.717) is 5.92 Å². The molecule has 0 aromatic heterocycles. The first-order valence-corrected chi connectivity index (χ1v) is 8.74. The second-order valence-electron chi connectivity index (χ2n) is 7.55. The van der Waals surface area contributed by atoms with Crippen LogP contribution in [0, 0.1) is 17.8 Å². The van der Waals surface area contributed by atoms with Crippen LogP contribution in [-0.4, -0.2) is 54.5 Å². The average Bonchev–Trinajstić information content (AvgIpc) is 2.48. The van der Waals surface area contributed by atoms with Gasteiger partial charge in [0.1, 0.15) is 0 Å². The molecule has 0 aliphatic carbocycles. The summed E-state index contributed by atoms with van der Waals surface area (Å²) >= 11 is 0. The number of nitrogens with two attached hydrogens (primary N) is 1. The van der Waals surface area contributed by atoms with Crippen LogP contribution >= 0.6 is 12.4 Å². The van der Waals surface area contributed by atoms with Crippen LogP contribution in [0.3, 0.4) is 0 Å². The van der Waals surface area contributed by atoms with E-state index >= 15 is 0 Å². The Kier molecular flexibility index (Phi) is 8.15. The zero-order valence-corrected chi connectivity index (χ0v) is 15.3. The molecule has 2 saturated heterocycles. The summed E-state index contributed by atoms with van der Waals surface area (Å²) in [5.41, 5.74) is 6.03. The number of carbonyl (C=O) groups is 1. The van der Waals surface area contributed by atoms with Gasteiger partial charge in [-0.15, -0.1) is 12.4 Å². The Labute approximate surface area is 142 Å². The molecular formula is C17H34ClN3O. The molecule has 2 heterocycles. The third-order valence-corrected chi connectivity index (χ3v) is 5.23. The zero-order valence-electron chi connectivity index (χ0n) is 14.5. The van der Waals surface area contributed by atoms with Crippen LogP contribution in [0.5, 0.6) is 0 Å². The number of hydrogen-bond acceptors (Lipinski definition) is 3. The van der Waals surface area contributed by atoms with Crippen LogP contribution in [0.15, 0.2) is 0 Å². The van der Waals surface area contributed by atoms with Crippen LogP contribution in [0.1, 0.15) is 46.5 Å². The highest BCUT2D eigenvalue weighted by atomic mass is 35.5. The lowest BCUT2D eigenvalue weighted by Crippen LogP contribution is -2.51. The molecule has 130 valence electrons. The molecule has 0 spiro atoms. The fourth-order valence-electron chi connectivity index (χ4n) is 3.52. The van der Waals surface area contributed by atoms with Crippen molar-refractivity contribution >= 4 is 18.3 Å². The standard InChI is InChI=1S/C17H33N3O.ClH/c1-13(2)16(18)17(21)20-8-4-5-15(12-20)11-19-9-6-14(3)7-10-19;/h13-16H,4-12,18H2,1-3H3;1H/t15?,16-;/m0./s1. The summed E-state index contributed by atoms with van der Waals surface area (Å²) in [5, 5.41) is 0. The van der Waals surface area contributed by atoms with Crippen molar-refractivity contribution in [2.45, 2.75) is 52.5 Å². The number of halogens is 1. The first-order chi connectivity index (χ1) is 9.97. The van der Waals surface area contributed by atoms with Gasteiger partial charge in [-0.05, 0) is 56.5 Å². The fourth-order valence-corrected chi connectivity index (χ4v) is 3.52. The van der Waals surface area contributed by atoms with Crippen molar-refractivity contribution in [1.29, 1.82) is 0 Å². The van der Waals surface area contributed by atoms with Gasteiger partial charge >= 0.3 is 0 Å². The topological polar surface area (TPSA) is 49.6 Å². The molecule has 2 atom stereocenters. The molecular weight excluding hydrogens is 298 g/mol. The van der Waals surface area contributed by atoms with E-state index in [-0.39, 0.29) is 30.3 Å². The lowest BCUT2D eigenvalue weighted by atomic mass is 9.93. The Morgan fingerprint density at radius 2 is 1.82 bits per heavy atom. The first kappa shape index (κ1) is 19.7. The molecule has 2 N–H and O–H groups in total. The average molecular weight is 332 g/mol. The Bertz CT molecular complexity index is 343. The van der Waals surface area contributed by atoms with E-state index in [4.69, 9.17) is 5.73 Å². The van der Waals surface area contributed by atoms with Crippen molar-refractivity contribution in [3.05, 3.63) is 0 Å². The van der Waals surface area contributed by atoms with E-state index in [9.17, 15) is 4.79 Å². The van der Waals surface area contributed by atoms with Gasteiger partial charge in [0.15, 0.2) is 0 Å². The summed E-state index contributed by atoms with van der Waals surface area (Å²) in [6, 6.07) is -0.334. The molecule has 2 aliphatic rings. The minimum Gasteiger partial charge on any atom is -0.341 e. The molecule has 1 amide bonds. The van der Waals surface area contributed by atoms with Gasteiger partial charge in [-0.2, -0.15) is 0 Å². The Morgan fingerprint density at radius 1 is 1.18 bits per heavy atom. The van der Waals surface area contributed by atoms with Crippen LogP contribution < -0.4 is 5.73 Å². The van der Waals surface area contributed by atoms with Gasteiger partial charge < -0.3 is 15.5 Å². The van der Waals surface area contributed by atoms with Crippen LogP contribution in [0.4, 0.5) is 0 Å². The maximum Gasteiger partial charge on any atom is 0.239 e. The summed E-state index contributed by atoms with van der Waals surface area (Å²) in [5.74, 6) is 1.90. The van der Waals surface area contributed by atoms with Gasteiger partial charge in [0, 0.05) is 19.6 Å². The quantitative estimate of drug-likeness (QED) is 0.860. The number of hydrogen-bond donors (Lipinski definition) is 1. The number of carbonyl (C=O) groups excluding carboxylic acids is 1. The van der Waals surface area contributed by atoms with E-state index < -0.39 is 0 Å². The van der Waals surface area contributed by atoms with Crippen molar-refractivity contribution in [2.24, 2.45) is 23.5 Å². The van der Waals surface area contributed by atoms with Gasteiger partial charge in [-0.25, -0.2) is 0 Å². The molecule has 2 fully saturated rings. The Hall–Kier alpha value is -0.320. The van der Waals surface area contributed by atoms with E-state index in [1.165, 1.54) is 32.4 Å². The Morgan fingerprint density at radius 3 is 2.41 bits per heavy atom. The molecule has 0 saturated carbocycles. The van der Waals surface area contributed by atoms with E-state index in [2.05, 4.69) is 11.8 Å². The largest absolute Gasteiger partial charge is 0.341 e. The summed E-state index contributed by atoms with van der Waals surface area (Å²) < 4.78 is 0. The summed E-state index contributed by atoms with van der Waals surface area (Å²) in [4.78, 5) is 17.0. The van der Waals surface area contributed by atoms with Gasteiger partial charge in [-0.1, -0.05) is 20.8 Å². The van der Waals surface area contributed by atoms with Crippen molar-refractivity contribution < 1.29 is 4.79 Å². The van der Waals surface area contributed by atoms with Gasteiger partial charge in [-0.3, -0.25) is 4.79 Å². The second kappa shape index (κ2) is 9.09. The highest BCUT2D eigenvalue weighted by molar-refractivity contribution is 5.85. The molecule has 0 aromatic rings. The summed E-state index contributed by atoms with van der Waals surface area (Å²) in [7, 11) is 0. The highest BCUT2D eigenvalue weighted by Gasteiger charge is 2.29. The van der Waals surface area contributed by atoms with Crippen molar-refractivity contribution in [3.63, 3.8) is 0 Å². The number of piperidine rings is 2. The predicted octanol–water partition coefficient (Wildman–Crippen LogP) is 2.36. The third kappa shape index (κ3) is 5.39. The molecule has 4 nitrogen and oxygen atoms in total. The lowest BCUT2D eigenvalue weighted by molar-refractivity contribution is -0.135. The number of rotatable bonds is 4. The van der Waals surface area contributed by atoms with Gasteiger partial charge in [0.25, 0.3) is 0 Å². The van der Waals surface area contributed by atoms with Crippen molar-refractivity contribution in [2.75, 3.05) is 32.7 Å². The first-order valence-electron chi connectivity index (χ1n) is 8.74. The molecule has 2 aliphatic heterocycles. The SMILES string of the molecule is CC1CCN(CC2CCCN(C(=O)[C@@H](N)C(C)C)C2)CC1.Cl.